The van der Waals surface area contributed by atoms with Crippen molar-refractivity contribution in [3.63, 3.8) is 0 Å². The van der Waals surface area contributed by atoms with Crippen molar-refractivity contribution < 1.29 is 13.6 Å². The molecule has 1 unspecified atom stereocenters. The molecule has 19 heavy (non-hydrogen) atoms. The molecule has 1 N–H and O–H groups in total. The second-order valence-corrected chi connectivity index (χ2v) is 4.05. The lowest BCUT2D eigenvalue weighted by Crippen LogP contribution is -2.28. The molecule has 0 bridgehead atoms. The number of rotatable bonds is 3. The summed E-state index contributed by atoms with van der Waals surface area (Å²) in [6.45, 7) is 1.69. The third-order valence-corrected chi connectivity index (χ3v) is 2.67. The van der Waals surface area contributed by atoms with Gasteiger partial charge in [0, 0.05) is 6.20 Å². The molecule has 0 saturated heterocycles. The van der Waals surface area contributed by atoms with Crippen LogP contribution < -0.4 is 5.32 Å². The van der Waals surface area contributed by atoms with E-state index in [-0.39, 0.29) is 0 Å². The van der Waals surface area contributed by atoms with Crippen molar-refractivity contribution in [2.45, 2.75) is 13.0 Å². The molecule has 0 spiro atoms. The van der Waals surface area contributed by atoms with E-state index in [1.165, 1.54) is 6.07 Å². The molecule has 0 fully saturated rings. The molecule has 98 valence electrons. The van der Waals surface area contributed by atoms with Crippen LogP contribution >= 0.6 is 0 Å². The number of benzene rings is 1. The minimum atomic E-state index is -0.884. The smallest absolute Gasteiger partial charge is 0.257 e. The predicted octanol–water partition coefficient (Wildman–Crippen LogP) is 2.85. The lowest BCUT2D eigenvalue weighted by atomic mass is 10.1. The summed E-state index contributed by atoms with van der Waals surface area (Å²) < 4.78 is 26.9. The Bertz CT molecular complexity index is 567. The molecule has 2 aromatic rings. The van der Waals surface area contributed by atoms with Crippen molar-refractivity contribution in [2.75, 3.05) is 0 Å². The molecule has 2 rings (SSSR count). The van der Waals surface area contributed by atoms with Gasteiger partial charge in [0.1, 0.15) is 17.2 Å². The molecule has 0 radical (unpaired) electrons. The Balaban J connectivity index is 2.18. The minimum Gasteiger partial charge on any atom is -0.344 e. The Kier molecular flexibility index (Phi) is 3.85. The van der Waals surface area contributed by atoms with Crippen LogP contribution in [-0.2, 0) is 0 Å². The topological polar surface area (TPSA) is 42.0 Å². The average Bonchev–Trinajstić information content (AvgIpc) is 2.39. The second kappa shape index (κ2) is 5.56. The first-order chi connectivity index (χ1) is 9.09. The molecule has 1 atom stereocenters. The fraction of sp³-hybridized carbons (Fsp3) is 0.143. The van der Waals surface area contributed by atoms with Gasteiger partial charge in [0.25, 0.3) is 5.91 Å². The van der Waals surface area contributed by atoms with Gasteiger partial charge in [-0.15, -0.1) is 0 Å². The highest BCUT2D eigenvalue weighted by Crippen LogP contribution is 2.14. The fourth-order valence-electron chi connectivity index (χ4n) is 1.69. The van der Waals surface area contributed by atoms with E-state index in [1.54, 1.807) is 31.3 Å². The Morgan fingerprint density at radius 1 is 1.16 bits per heavy atom. The third kappa shape index (κ3) is 2.93. The molecule has 1 amide bonds. The Labute approximate surface area is 109 Å². The van der Waals surface area contributed by atoms with Gasteiger partial charge in [-0.1, -0.05) is 12.1 Å². The van der Waals surface area contributed by atoms with E-state index in [1.807, 2.05) is 0 Å². The van der Waals surface area contributed by atoms with Crippen LogP contribution in [0.25, 0.3) is 0 Å². The van der Waals surface area contributed by atoms with E-state index >= 15 is 0 Å². The highest BCUT2D eigenvalue weighted by Gasteiger charge is 2.19. The highest BCUT2D eigenvalue weighted by molar-refractivity contribution is 5.94. The van der Waals surface area contributed by atoms with E-state index in [4.69, 9.17) is 0 Å². The second-order valence-electron chi connectivity index (χ2n) is 4.05. The zero-order valence-corrected chi connectivity index (χ0v) is 10.2. The molecule has 3 nitrogen and oxygen atoms in total. The van der Waals surface area contributed by atoms with Gasteiger partial charge in [-0.3, -0.25) is 9.78 Å². The standard InChI is InChI=1S/C14H12F2N2O/c1-9(12-7-2-3-8-17-12)18-14(19)13-10(15)5-4-6-11(13)16/h2-9H,1H3,(H,18,19). The number of aromatic nitrogens is 1. The predicted molar refractivity (Wildman–Crippen MR) is 66.5 cm³/mol. The maximum absolute atomic E-state index is 13.4. The summed E-state index contributed by atoms with van der Waals surface area (Å²) in [6.07, 6.45) is 1.58. The van der Waals surface area contributed by atoms with Crippen LogP contribution in [0.3, 0.4) is 0 Å². The van der Waals surface area contributed by atoms with E-state index in [2.05, 4.69) is 10.3 Å². The van der Waals surface area contributed by atoms with Gasteiger partial charge in [-0.2, -0.15) is 0 Å². The summed E-state index contributed by atoms with van der Waals surface area (Å²) in [5.41, 5.74) is 0.0397. The van der Waals surface area contributed by atoms with Gasteiger partial charge in [0.05, 0.1) is 11.7 Å². The number of nitrogens with zero attached hydrogens (tertiary/aromatic N) is 1. The van der Waals surface area contributed by atoms with Crippen LogP contribution in [0, 0.1) is 11.6 Å². The normalized spacial score (nSPS) is 11.9. The molecule has 0 aliphatic heterocycles. The van der Waals surface area contributed by atoms with Crippen molar-refractivity contribution in [2.24, 2.45) is 0 Å². The molecule has 1 heterocycles. The maximum Gasteiger partial charge on any atom is 0.257 e. The summed E-state index contributed by atoms with van der Waals surface area (Å²) in [6, 6.07) is 8.11. The number of carbonyl (C=O) groups is 1. The summed E-state index contributed by atoms with van der Waals surface area (Å²) in [5, 5.41) is 2.51. The SMILES string of the molecule is CC(NC(=O)c1c(F)cccc1F)c1ccccn1. The summed E-state index contributed by atoms with van der Waals surface area (Å²) in [4.78, 5) is 15.9. The monoisotopic (exact) mass is 262 g/mol. The summed E-state index contributed by atoms with van der Waals surface area (Å²) in [7, 11) is 0. The van der Waals surface area contributed by atoms with Crippen molar-refractivity contribution in [3.05, 3.63) is 65.5 Å². The van der Waals surface area contributed by atoms with E-state index < -0.39 is 29.1 Å². The number of hydrogen-bond donors (Lipinski definition) is 1. The molecule has 5 heteroatoms. The molecule has 0 saturated carbocycles. The zero-order valence-electron chi connectivity index (χ0n) is 10.2. The van der Waals surface area contributed by atoms with Crippen LogP contribution in [0.15, 0.2) is 42.6 Å². The first-order valence-electron chi connectivity index (χ1n) is 5.75. The Hall–Kier alpha value is -2.30. The van der Waals surface area contributed by atoms with Crippen molar-refractivity contribution in [1.82, 2.24) is 10.3 Å². The van der Waals surface area contributed by atoms with E-state index in [0.29, 0.717) is 5.69 Å². The van der Waals surface area contributed by atoms with Gasteiger partial charge in [0.15, 0.2) is 0 Å². The van der Waals surface area contributed by atoms with E-state index in [0.717, 1.165) is 12.1 Å². The molecule has 0 aliphatic carbocycles. The third-order valence-electron chi connectivity index (χ3n) is 2.67. The highest BCUT2D eigenvalue weighted by atomic mass is 19.1. The molecular formula is C14H12F2N2O. The minimum absolute atomic E-state index is 0.437. The van der Waals surface area contributed by atoms with Crippen molar-refractivity contribution in [1.29, 1.82) is 0 Å². The van der Waals surface area contributed by atoms with Crippen LogP contribution in [0.5, 0.6) is 0 Å². The largest absolute Gasteiger partial charge is 0.344 e. The van der Waals surface area contributed by atoms with Crippen LogP contribution in [-0.4, -0.2) is 10.9 Å². The maximum atomic E-state index is 13.4. The Morgan fingerprint density at radius 2 is 1.84 bits per heavy atom. The van der Waals surface area contributed by atoms with Gasteiger partial charge >= 0.3 is 0 Å². The first-order valence-corrected chi connectivity index (χ1v) is 5.75. The fourth-order valence-corrected chi connectivity index (χ4v) is 1.69. The molecule has 1 aromatic heterocycles. The lowest BCUT2D eigenvalue weighted by Gasteiger charge is -2.13. The number of halogens is 2. The Morgan fingerprint density at radius 3 is 2.42 bits per heavy atom. The van der Waals surface area contributed by atoms with Crippen LogP contribution in [0.2, 0.25) is 0 Å². The van der Waals surface area contributed by atoms with Crippen molar-refractivity contribution >= 4 is 5.91 Å². The van der Waals surface area contributed by atoms with Gasteiger partial charge < -0.3 is 5.32 Å². The van der Waals surface area contributed by atoms with Gasteiger partial charge in [-0.25, -0.2) is 8.78 Å². The first kappa shape index (κ1) is 13.1. The zero-order chi connectivity index (χ0) is 13.8. The van der Waals surface area contributed by atoms with Gasteiger partial charge in [-0.05, 0) is 31.2 Å². The number of pyridine rings is 1. The molecule has 0 aliphatic rings. The lowest BCUT2D eigenvalue weighted by molar-refractivity contribution is 0.0930. The van der Waals surface area contributed by atoms with E-state index in [9.17, 15) is 13.6 Å². The number of carbonyl (C=O) groups excluding carboxylic acids is 1. The van der Waals surface area contributed by atoms with Crippen molar-refractivity contribution in [3.8, 4) is 0 Å². The number of amides is 1. The number of nitrogens with one attached hydrogen (secondary N) is 1. The van der Waals surface area contributed by atoms with Crippen LogP contribution in [0.1, 0.15) is 29.0 Å². The van der Waals surface area contributed by atoms with Gasteiger partial charge in [0.2, 0.25) is 0 Å². The summed E-state index contributed by atoms with van der Waals surface area (Å²) in [5.74, 6) is -2.56. The molecular weight excluding hydrogens is 250 g/mol. The molecule has 1 aromatic carbocycles. The summed E-state index contributed by atoms with van der Waals surface area (Å²) >= 11 is 0. The van der Waals surface area contributed by atoms with Crippen LogP contribution in [0.4, 0.5) is 8.78 Å². The average molecular weight is 262 g/mol. The number of hydrogen-bond acceptors (Lipinski definition) is 2. The quantitative estimate of drug-likeness (QED) is 0.924.